The van der Waals surface area contributed by atoms with Crippen LogP contribution in [0.3, 0.4) is 0 Å². The number of carbonyl (C=O) groups is 1. The largest absolute Gasteiger partial charge is 0.493 e. The van der Waals surface area contributed by atoms with Crippen molar-refractivity contribution in [1.29, 1.82) is 0 Å². The molecule has 5 rings (SSSR count). The van der Waals surface area contributed by atoms with Crippen molar-refractivity contribution < 1.29 is 14.3 Å². The minimum absolute atomic E-state index is 0.183. The summed E-state index contributed by atoms with van der Waals surface area (Å²) < 4.78 is 13.1. The van der Waals surface area contributed by atoms with E-state index in [9.17, 15) is 4.79 Å². The average molecular weight is 455 g/mol. The molecule has 1 atom stereocenters. The summed E-state index contributed by atoms with van der Waals surface area (Å²) in [5.41, 5.74) is 5.88. The van der Waals surface area contributed by atoms with Crippen LogP contribution in [0, 0.1) is 6.92 Å². The number of ether oxygens (including phenoxy) is 2. The number of amides is 1. The number of para-hydroxylation sites is 2. The summed E-state index contributed by atoms with van der Waals surface area (Å²) in [4.78, 5) is 18.5. The van der Waals surface area contributed by atoms with Crippen LogP contribution in [0.4, 0.5) is 11.6 Å². The molecule has 0 radical (unpaired) electrons. The Morgan fingerprint density at radius 2 is 1.71 bits per heavy atom. The van der Waals surface area contributed by atoms with Gasteiger partial charge in [-0.3, -0.25) is 9.36 Å². The van der Waals surface area contributed by atoms with E-state index in [-0.39, 0.29) is 5.91 Å². The average Bonchev–Trinajstić information content (AvgIpc) is 3.21. The van der Waals surface area contributed by atoms with Crippen LogP contribution < -0.4 is 20.1 Å². The van der Waals surface area contributed by atoms with Crippen molar-refractivity contribution in [1.82, 2.24) is 9.55 Å². The number of hydrogen-bond acceptors (Lipinski definition) is 5. The zero-order valence-electron chi connectivity index (χ0n) is 19.5. The minimum Gasteiger partial charge on any atom is -0.493 e. The quantitative estimate of drug-likeness (QED) is 0.429. The number of fused-ring (bicyclic) bond motifs is 3. The third kappa shape index (κ3) is 3.65. The molecule has 1 aliphatic rings. The highest BCUT2D eigenvalue weighted by Gasteiger charge is 2.34. The predicted octanol–water partition coefficient (Wildman–Crippen LogP) is 5.29. The highest BCUT2D eigenvalue weighted by atomic mass is 16.5. The Kier molecular flexibility index (Phi) is 5.45. The molecule has 0 saturated carbocycles. The number of aryl methyl sites for hydroxylation is 1. The summed E-state index contributed by atoms with van der Waals surface area (Å²) in [5, 5.41) is 6.41. The Morgan fingerprint density at radius 1 is 0.971 bits per heavy atom. The molecule has 2 N–H and O–H groups in total. The van der Waals surface area contributed by atoms with Gasteiger partial charge in [-0.25, -0.2) is 4.98 Å². The summed E-state index contributed by atoms with van der Waals surface area (Å²) in [6.45, 7) is 3.92. The first-order valence-electron chi connectivity index (χ1n) is 11.0. The fraction of sp³-hybridized carbons (Fsp3) is 0.185. The third-order valence-electron chi connectivity index (χ3n) is 6.11. The molecule has 4 aromatic rings. The molecule has 34 heavy (non-hydrogen) atoms. The summed E-state index contributed by atoms with van der Waals surface area (Å²) >= 11 is 0. The second kappa shape index (κ2) is 8.59. The molecule has 0 fully saturated rings. The lowest BCUT2D eigenvalue weighted by molar-refractivity contribution is -0.113. The molecule has 0 saturated heterocycles. The molecule has 1 aromatic heterocycles. The molecule has 7 nitrogen and oxygen atoms in total. The topological polar surface area (TPSA) is 77.4 Å². The van der Waals surface area contributed by atoms with Crippen LogP contribution in [0.5, 0.6) is 11.5 Å². The van der Waals surface area contributed by atoms with Crippen LogP contribution >= 0.6 is 0 Å². The van der Waals surface area contributed by atoms with Gasteiger partial charge in [-0.1, -0.05) is 35.9 Å². The van der Waals surface area contributed by atoms with Gasteiger partial charge in [0.2, 0.25) is 5.95 Å². The monoisotopic (exact) mass is 454 g/mol. The maximum atomic E-state index is 13.7. The number of rotatable bonds is 5. The second-order valence-corrected chi connectivity index (χ2v) is 8.29. The number of hydrogen-bond donors (Lipinski definition) is 2. The van der Waals surface area contributed by atoms with Gasteiger partial charge in [0.25, 0.3) is 5.91 Å². The Balaban J connectivity index is 1.67. The van der Waals surface area contributed by atoms with Crippen LogP contribution in [-0.4, -0.2) is 29.7 Å². The molecule has 0 spiro atoms. The van der Waals surface area contributed by atoms with E-state index < -0.39 is 6.04 Å². The molecule has 7 heteroatoms. The molecule has 3 aromatic carbocycles. The summed E-state index contributed by atoms with van der Waals surface area (Å²) in [6, 6.07) is 21.0. The first kappa shape index (κ1) is 21.6. The lowest BCUT2D eigenvalue weighted by Crippen LogP contribution is -2.31. The molecule has 1 unspecified atom stereocenters. The van der Waals surface area contributed by atoms with Crippen LogP contribution in [0.1, 0.15) is 24.1 Å². The van der Waals surface area contributed by atoms with Crippen LogP contribution in [0.15, 0.2) is 78.0 Å². The van der Waals surface area contributed by atoms with Crippen molar-refractivity contribution >= 4 is 28.6 Å². The van der Waals surface area contributed by atoms with Gasteiger partial charge >= 0.3 is 0 Å². The molecule has 2 heterocycles. The number of benzene rings is 3. The standard InChI is InChI=1S/C27H26N4O3/c1-16-9-12-19(13-10-16)29-26(32)24-17(2)28-27-30-20-7-5-6-8-21(20)31(27)25(24)18-11-14-22(33-3)23(15-18)34-4/h5-15,25H,1-4H3,(H,28,30)(H,29,32). The lowest BCUT2D eigenvalue weighted by atomic mass is 9.94. The molecule has 1 aliphatic heterocycles. The van der Waals surface area contributed by atoms with Gasteiger partial charge in [0, 0.05) is 11.4 Å². The minimum atomic E-state index is -0.422. The normalized spacial score (nSPS) is 15.0. The number of imidazole rings is 1. The van der Waals surface area contributed by atoms with Crippen LogP contribution in [0.25, 0.3) is 11.0 Å². The summed E-state index contributed by atoms with van der Waals surface area (Å²) in [5.74, 6) is 1.73. The zero-order chi connectivity index (χ0) is 23.8. The van der Waals surface area contributed by atoms with Crippen molar-refractivity contribution in [2.75, 3.05) is 24.9 Å². The van der Waals surface area contributed by atoms with E-state index in [0.717, 1.165) is 33.5 Å². The fourth-order valence-corrected chi connectivity index (χ4v) is 4.43. The Bertz CT molecular complexity index is 1420. The van der Waals surface area contributed by atoms with Crippen LogP contribution in [0.2, 0.25) is 0 Å². The Morgan fingerprint density at radius 3 is 2.44 bits per heavy atom. The van der Waals surface area contributed by atoms with Crippen molar-refractivity contribution in [2.24, 2.45) is 0 Å². The number of carbonyl (C=O) groups excluding carboxylic acids is 1. The number of anilines is 2. The number of nitrogens with zero attached hydrogens (tertiary/aromatic N) is 2. The third-order valence-corrected chi connectivity index (χ3v) is 6.11. The smallest absolute Gasteiger partial charge is 0.255 e. The SMILES string of the molecule is COc1ccc(C2C(C(=O)Nc3ccc(C)cc3)=C(C)Nc3nc4ccccc4n32)cc1OC. The lowest BCUT2D eigenvalue weighted by Gasteiger charge is -2.31. The summed E-state index contributed by atoms with van der Waals surface area (Å²) in [6.07, 6.45) is 0. The van der Waals surface area contributed by atoms with Gasteiger partial charge in [0.05, 0.1) is 36.9 Å². The number of nitrogens with one attached hydrogen (secondary N) is 2. The molecular formula is C27H26N4O3. The van der Waals surface area contributed by atoms with Crippen LogP contribution in [-0.2, 0) is 4.79 Å². The van der Waals surface area contributed by atoms with Crippen molar-refractivity contribution in [2.45, 2.75) is 19.9 Å². The summed E-state index contributed by atoms with van der Waals surface area (Å²) in [7, 11) is 3.21. The van der Waals surface area contributed by atoms with Crippen molar-refractivity contribution in [3.63, 3.8) is 0 Å². The van der Waals surface area contributed by atoms with Gasteiger partial charge in [0.1, 0.15) is 0 Å². The molecule has 172 valence electrons. The van der Waals surface area contributed by atoms with E-state index in [0.29, 0.717) is 23.0 Å². The maximum absolute atomic E-state index is 13.7. The second-order valence-electron chi connectivity index (χ2n) is 8.29. The first-order valence-corrected chi connectivity index (χ1v) is 11.0. The highest BCUT2D eigenvalue weighted by Crippen LogP contribution is 2.41. The number of allylic oxidation sites excluding steroid dienone is 1. The van der Waals surface area contributed by atoms with E-state index in [2.05, 4.69) is 15.2 Å². The van der Waals surface area contributed by atoms with Crippen molar-refractivity contribution in [3.05, 3.63) is 89.1 Å². The van der Waals surface area contributed by atoms with E-state index in [1.807, 2.05) is 80.6 Å². The predicted molar refractivity (Wildman–Crippen MR) is 134 cm³/mol. The van der Waals surface area contributed by atoms with Crippen molar-refractivity contribution in [3.8, 4) is 11.5 Å². The maximum Gasteiger partial charge on any atom is 0.255 e. The highest BCUT2D eigenvalue weighted by molar-refractivity contribution is 6.06. The molecule has 1 amide bonds. The molecular weight excluding hydrogens is 428 g/mol. The first-order chi connectivity index (χ1) is 16.5. The zero-order valence-corrected chi connectivity index (χ0v) is 19.5. The van der Waals surface area contributed by atoms with E-state index in [1.54, 1.807) is 14.2 Å². The van der Waals surface area contributed by atoms with Gasteiger partial charge in [-0.15, -0.1) is 0 Å². The molecule has 0 bridgehead atoms. The van der Waals surface area contributed by atoms with E-state index in [4.69, 9.17) is 14.5 Å². The Labute approximate surface area is 198 Å². The number of methoxy groups -OCH3 is 2. The van der Waals surface area contributed by atoms with Gasteiger partial charge in [-0.2, -0.15) is 0 Å². The van der Waals surface area contributed by atoms with Gasteiger partial charge in [0.15, 0.2) is 11.5 Å². The molecule has 0 aliphatic carbocycles. The van der Waals surface area contributed by atoms with Gasteiger partial charge in [-0.05, 0) is 55.8 Å². The Hall–Kier alpha value is -4.26. The van der Waals surface area contributed by atoms with Gasteiger partial charge < -0.3 is 20.1 Å². The van der Waals surface area contributed by atoms with E-state index in [1.165, 1.54) is 0 Å². The number of aromatic nitrogens is 2. The fourth-order valence-electron chi connectivity index (χ4n) is 4.43. The van der Waals surface area contributed by atoms with E-state index >= 15 is 0 Å².